The molecule has 1 amide bonds. The zero-order valence-electron chi connectivity index (χ0n) is 17.7. The average molecular weight is 477 g/mol. The number of β-amino-alcohol motifs (C(OH)–C–C–N with tert-alkyl or cyclic N) is 1. The number of hydrogen-bond acceptors (Lipinski definition) is 8. The molecule has 0 unspecified atom stereocenters. The molecule has 4 rings (SSSR count). The number of anilines is 2. The van der Waals surface area contributed by atoms with Gasteiger partial charge in [0.25, 0.3) is 0 Å². The van der Waals surface area contributed by atoms with Crippen molar-refractivity contribution in [1.29, 1.82) is 0 Å². The Bertz CT molecular complexity index is 1180. The van der Waals surface area contributed by atoms with E-state index in [1.54, 1.807) is 12.1 Å². The summed E-state index contributed by atoms with van der Waals surface area (Å²) in [6.45, 7) is -0.442. The van der Waals surface area contributed by atoms with Gasteiger partial charge in [0, 0.05) is 24.4 Å². The molecule has 0 aliphatic carbocycles. The fraction of sp³-hybridized carbons (Fsp3) is 0.318. The molecule has 0 bridgehead atoms. The Morgan fingerprint density at radius 1 is 1.33 bits per heavy atom. The second kappa shape index (κ2) is 9.74. The quantitative estimate of drug-likeness (QED) is 0.476. The zero-order chi connectivity index (χ0) is 23.5. The lowest BCUT2D eigenvalue weighted by molar-refractivity contribution is -0.135. The molecule has 1 fully saturated rings. The lowest BCUT2D eigenvalue weighted by Crippen LogP contribution is -2.40. The Balaban J connectivity index is 1.67. The van der Waals surface area contributed by atoms with E-state index in [1.165, 1.54) is 36.5 Å². The van der Waals surface area contributed by atoms with E-state index in [-0.39, 0.29) is 18.2 Å². The molecule has 3 N–H and O–H groups in total. The van der Waals surface area contributed by atoms with Crippen molar-refractivity contribution < 1.29 is 28.9 Å². The molecular formula is C22H22ClFN4O5. The Labute approximate surface area is 193 Å². The van der Waals surface area contributed by atoms with Crippen LogP contribution in [0.4, 0.5) is 15.9 Å². The van der Waals surface area contributed by atoms with Crippen LogP contribution < -0.4 is 14.8 Å². The largest absolute Gasteiger partial charge is 0.497 e. The first kappa shape index (κ1) is 23.0. The smallest absolute Gasteiger partial charge is 0.248 e. The highest BCUT2D eigenvalue weighted by Crippen LogP contribution is 2.36. The molecule has 33 heavy (non-hydrogen) atoms. The Hall–Kier alpha value is -3.21. The van der Waals surface area contributed by atoms with Gasteiger partial charge in [-0.2, -0.15) is 0 Å². The number of aliphatic hydroxyl groups excluding tert-OH is 2. The zero-order valence-corrected chi connectivity index (χ0v) is 18.4. The minimum absolute atomic E-state index is 0.0371. The number of carbonyl (C=O) groups excluding carboxylic acids is 1. The normalized spacial score (nSPS) is 17.9. The maximum atomic E-state index is 13.5. The van der Waals surface area contributed by atoms with Gasteiger partial charge in [0.15, 0.2) is 0 Å². The monoisotopic (exact) mass is 476 g/mol. The summed E-state index contributed by atoms with van der Waals surface area (Å²) in [6.07, 6.45) is 0.997. The van der Waals surface area contributed by atoms with Gasteiger partial charge in [0.2, 0.25) is 5.91 Å². The van der Waals surface area contributed by atoms with E-state index >= 15 is 0 Å². The van der Waals surface area contributed by atoms with Gasteiger partial charge in [-0.1, -0.05) is 11.6 Å². The van der Waals surface area contributed by atoms with Gasteiger partial charge in [0.1, 0.15) is 42.7 Å². The Morgan fingerprint density at radius 2 is 2.15 bits per heavy atom. The lowest BCUT2D eigenvalue weighted by Gasteiger charge is -2.24. The maximum absolute atomic E-state index is 13.5. The molecule has 9 nitrogen and oxygen atoms in total. The molecular weight excluding hydrogens is 455 g/mol. The summed E-state index contributed by atoms with van der Waals surface area (Å²) in [6, 6.07) is 7.17. The summed E-state index contributed by atoms with van der Waals surface area (Å²) in [4.78, 5) is 22.0. The summed E-state index contributed by atoms with van der Waals surface area (Å²) in [5.41, 5.74) is 1.05. The molecule has 1 aromatic heterocycles. The number of fused-ring (bicyclic) bond motifs is 1. The van der Waals surface area contributed by atoms with Crippen molar-refractivity contribution >= 4 is 39.9 Å². The maximum Gasteiger partial charge on any atom is 0.248 e. The minimum Gasteiger partial charge on any atom is -0.497 e. The van der Waals surface area contributed by atoms with Crippen molar-refractivity contribution in [3.63, 3.8) is 0 Å². The van der Waals surface area contributed by atoms with Crippen LogP contribution in [0.15, 0.2) is 36.7 Å². The first-order valence-electron chi connectivity index (χ1n) is 10.2. The highest BCUT2D eigenvalue weighted by atomic mass is 35.5. The molecule has 2 aromatic carbocycles. The number of rotatable bonds is 7. The van der Waals surface area contributed by atoms with Crippen LogP contribution in [-0.4, -0.2) is 70.0 Å². The molecule has 1 saturated heterocycles. The van der Waals surface area contributed by atoms with Crippen molar-refractivity contribution in [2.75, 3.05) is 32.2 Å². The predicted octanol–water partition coefficient (Wildman–Crippen LogP) is 2.51. The predicted molar refractivity (Wildman–Crippen MR) is 119 cm³/mol. The summed E-state index contributed by atoms with van der Waals surface area (Å²) in [5, 5.41) is 22.8. The number of amides is 1. The van der Waals surface area contributed by atoms with Crippen LogP contribution in [0.2, 0.25) is 5.02 Å². The molecule has 2 atom stereocenters. The van der Waals surface area contributed by atoms with Crippen LogP contribution in [0.1, 0.15) is 6.42 Å². The highest BCUT2D eigenvalue weighted by molar-refractivity contribution is 6.31. The highest BCUT2D eigenvalue weighted by Gasteiger charge is 2.34. The first-order chi connectivity index (χ1) is 15.9. The van der Waals surface area contributed by atoms with Gasteiger partial charge in [0.05, 0.1) is 35.2 Å². The number of ether oxygens (including phenoxy) is 2. The molecule has 0 spiro atoms. The molecule has 1 aliphatic rings. The van der Waals surface area contributed by atoms with Gasteiger partial charge < -0.3 is 29.9 Å². The number of carbonyl (C=O) groups is 1. The summed E-state index contributed by atoms with van der Waals surface area (Å²) >= 11 is 5.90. The van der Waals surface area contributed by atoms with E-state index in [0.717, 1.165) is 0 Å². The molecule has 11 heteroatoms. The minimum atomic E-state index is -0.695. The summed E-state index contributed by atoms with van der Waals surface area (Å²) in [7, 11) is 1.51. The third kappa shape index (κ3) is 4.92. The topological polar surface area (TPSA) is 117 Å². The van der Waals surface area contributed by atoms with Gasteiger partial charge in [-0.3, -0.25) is 4.79 Å². The number of likely N-dealkylation sites (tertiary alicyclic amines) is 1. The van der Waals surface area contributed by atoms with Crippen LogP contribution >= 0.6 is 11.6 Å². The molecule has 0 radical (unpaired) electrons. The number of nitrogens with zero attached hydrogens (tertiary/aromatic N) is 3. The van der Waals surface area contributed by atoms with E-state index < -0.39 is 30.5 Å². The van der Waals surface area contributed by atoms with Crippen molar-refractivity contribution in [2.24, 2.45) is 0 Å². The molecule has 2 heterocycles. The fourth-order valence-electron chi connectivity index (χ4n) is 3.80. The van der Waals surface area contributed by atoms with Crippen molar-refractivity contribution in [2.45, 2.75) is 18.6 Å². The number of aliphatic hydroxyl groups is 2. The number of nitrogens with one attached hydrogen (secondary N) is 1. The SMILES string of the molecule is COc1cc(OC[C@H]2C[C@@H](O)CN2C(=O)CO)c2c(Nc3ccc(F)c(Cl)c3)ncnc2c1. The van der Waals surface area contributed by atoms with Gasteiger partial charge >= 0.3 is 0 Å². The third-order valence-corrected chi connectivity index (χ3v) is 5.66. The second-order valence-corrected chi connectivity index (χ2v) is 7.96. The van der Waals surface area contributed by atoms with Crippen molar-refractivity contribution in [3.05, 3.63) is 47.5 Å². The molecule has 0 saturated carbocycles. The molecule has 3 aromatic rings. The van der Waals surface area contributed by atoms with Crippen LogP contribution in [0.5, 0.6) is 11.5 Å². The van der Waals surface area contributed by atoms with E-state index in [9.17, 15) is 19.4 Å². The van der Waals surface area contributed by atoms with E-state index in [4.69, 9.17) is 21.1 Å². The molecule has 174 valence electrons. The van der Waals surface area contributed by atoms with Gasteiger partial charge in [-0.05, 0) is 24.6 Å². The fourth-order valence-corrected chi connectivity index (χ4v) is 3.98. The Morgan fingerprint density at radius 3 is 2.88 bits per heavy atom. The van der Waals surface area contributed by atoms with E-state index in [1.807, 2.05) is 0 Å². The first-order valence-corrected chi connectivity index (χ1v) is 10.5. The second-order valence-electron chi connectivity index (χ2n) is 7.55. The standard InChI is InChI=1S/C22H22ClFN4O5/c1-32-15-6-18-21(22(26-11-25-18)27-12-2-3-17(24)16(23)4-12)19(7-15)33-10-13-5-14(30)8-28(13)20(31)9-29/h2-4,6-7,11,13-14,29-30H,5,8-10H2,1H3,(H,25,26,27)/t13-,14-/m1/s1. The van der Waals surface area contributed by atoms with Gasteiger partial charge in [-0.25, -0.2) is 14.4 Å². The number of aromatic nitrogens is 2. The van der Waals surface area contributed by atoms with Crippen LogP contribution in [0, 0.1) is 5.82 Å². The van der Waals surface area contributed by atoms with Gasteiger partial charge in [-0.15, -0.1) is 0 Å². The van der Waals surface area contributed by atoms with Crippen LogP contribution in [0.3, 0.4) is 0 Å². The summed E-state index contributed by atoms with van der Waals surface area (Å²) < 4.78 is 25.0. The number of hydrogen-bond donors (Lipinski definition) is 3. The van der Waals surface area contributed by atoms with E-state index in [2.05, 4.69) is 15.3 Å². The third-order valence-electron chi connectivity index (χ3n) is 5.37. The van der Waals surface area contributed by atoms with Crippen LogP contribution in [0.25, 0.3) is 10.9 Å². The van der Waals surface area contributed by atoms with Crippen molar-refractivity contribution in [3.8, 4) is 11.5 Å². The lowest BCUT2D eigenvalue weighted by atomic mass is 10.1. The Kier molecular flexibility index (Phi) is 6.77. The van der Waals surface area contributed by atoms with Crippen LogP contribution in [-0.2, 0) is 4.79 Å². The average Bonchev–Trinajstić information content (AvgIpc) is 3.19. The summed E-state index contributed by atoms with van der Waals surface area (Å²) in [5.74, 6) is 0.272. The number of benzene rings is 2. The van der Waals surface area contributed by atoms with Crippen molar-refractivity contribution in [1.82, 2.24) is 14.9 Å². The molecule has 1 aliphatic heterocycles. The number of methoxy groups -OCH3 is 1. The number of halogens is 2. The van der Waals surface area contributed by atoms with E-state index in [0.29, 0.717) is 40.3 Å².